The van der Waals surface area contributed by atoms with E-state index in [0.717, 1.165) is 11.1 Å². The quantitative estimate of drug-likeness (QED) is 0.548. The third-order valence-corrected chi connectivity index (χ3v) is 4.22. The summed E-state index contributed by atoms with van der Waals surface area (Å²) in [6, 6.07) is 8.14. The predicted octanol–water partition coefficient (Wildman–Crippen LogP) is 1.90. The summed E-state index contributed by atoms with van der Waals surface area (Å²) >= 11 is 0. The average molecular weight is 252 g/mol. The summed E-state index contributed by atoms with van der Waals surface area (Å²) in [5, 5.41) is 0. The van der Waals surface area contributed by atoms with Gasteiger partial charge in [0, 0.05) is 14.2 Å². The highest BCUT2D eigenvalue weighted by atomic mass is 28.2. The zero-order valence-electron chi connectivity index (χ0n) is 10.7. The van der Waals surface area contributed by atoms with Crippen molar-refractivity contribution in [3.63, 3.8) is 0 Å². The summed E-state index contributed by atoms with van der Waals surface area (Å²) in [6.07, 6.45) is 1.83. The van der Waals surface area contributed by atoms with Gasteiger partial charge in [-0.25, -0.2) is 0 Å². The molecule has 0 spiro atoms. The number of hydrogen-bond acceptors (Lipinski definition) is 3. The van der Waals surface area contributed by atoms with Crippen LogP contribution in [0.25, 0.3) is 6.08 Å². The average Bonchev–Trinajstić information content (AvgIpc) is 2.39. The molecule has 0 saturated carbocycles. The summed E-state index contributed by atoms with van der Waals surface area (Å²) in [5.41, 5.74) is 1.73. The van der Waals surface area contributed by atoms with Crippen molar-refractivity contribution in [2.45, 2.75) is 18.9 Å². The molecule has 0 aromatic heterocycles. The lowest BCUT2D eigenvalue weighted by atomic mass is 10.1. The van der Waals surface area contributed by atoms with E-state index in [2.05, 4.69) is 6.58 Å². The van der Waals surface area contributed by atoms with E-state index in [0.29, 0.717) is 6.61 Å². The Labute approximate surface area is 105 Å². The molecule has 0 bridgehead atoms. The molecule has 1 aromatic carbocycles. The van der Waals surface area contributed by atoms with Crippen LogP contribution in [0, 0.1) is 0 Å². The molecule has 0 aliphatic rings. The molecule has 0 N–H and O–H groups in total. The molecule has 94 valence electrons. The van der Waals surface area contributed by atoms with E-state index in [1.54, 1.807) is 14.2 Å². The van der Waals surface area contributed by atoms with Crippen molar-refractivity contribution in [2.24, 2.45) is 0 Å². The molecule has 0 saturated heterocycles. The Kier molecular flexibility index (Phi) is 5.57. The van der Waals surface area contributed by atoms with Gasteiger partial charge in [-0.05, 0) is 18.1 Å². The zero-order chi connectivity index (χ0) is 12.7. The minimum absolute atomic E-state index is 0.541. The van der Waals surface area contributed by atoms with Gasteiger partial charge in [0.2, 0.25) is 9.76 Å². The standard InChI is InChI=1S/C13H20O3Si/c1-5-11-6-8-12(9-7-11)10-16-17-13(2,14-3)15-4/h5-9H,1,10,17H2,2-4H3. The van der Waals surface area contributed by atoms with Crippen molar-refractivity contribution >= 4 is 15.8 Å². The van der Waals surface area contributed by atoms with Gasteiger partial charge >= 0.3 is 0 Å². The Hall–Kier alpha value is -0.943. The molecular weight excluding hydrogens is 232 g/mol. The molecular formula is C13H20O3Si. The fourth-order valence-corrected chi connectivity index (χ4v) is 2.25. The van der Waals surface area contributed by atoms with Gasteiger partial charge in [-0.3, -0.25) is 0 Å². The minimum Gasteiger partial charge on any atom is -0.414 e. The topological polar surface area (TPSA) is 27.7 Å². The highest BCUT2D eigenvalue weighted by molar-refractivity contribution is 6.30. The van der Waals surface area contributed by atoms with Crippen LogP contribution < -0.4 is 0 Å². The Morgan fingerprint density at radius 2 is 1.82 bits per heavy atom. The van der Waals surface area contributed by atoms with E-state index >= 15 is 0 Å². The summed E-state index contributed by atoms with van der Waals surface area (Å²) in [7, 11) is 2.38. The second-order valence-electron chi connectivity index (χ2n) is 3.98. The number of benzene rings is 1. The second kappa shape index (κ2) is 6.71. The van der Waals surface area contributed by atoms with Gasteiger partial charge in [-0.1, -0.05) is 36.9 Å². The maximum absolute atomic E-state index is 5.70. The molecule has 0 heterocycles. The molecule has 3 nitrogen and oxygen atoms in total. The lowest BCUT2D eigenvalue weighted by Gasteiger charge is -2.25. The second-order valence-corrected chi connectivity index (χ2v) is 5.96. The number of ether oxygens (including phenoxy) is 2. The Bertz CT molecular complexity index is 344. The zero-order valence-corrected chi connectivity index (χ0v) is 12.1. The van der Waals surface area contributed by atoms with Crippen molar-refractivity contribution in [2.75, 3.05) is 14.2 Å². The van der Waals surface area contributed by atoms with Gasteiger partial charge in [0.25, 0.3) is 0 Å². The van der Waals surface area contributed by atoms with E-state index < -0.39 is 15.2 Å². The van der Waals surface area contributed by atoms with Crippen LogP contribution in [-0.4, -0.2) is 29.4 Å². The SMILES string of the molecule is C=Cc1ccc(CO[SiH2]C(C)(OC)OC)cc1. The first kappa shape index (κ1) is 14.1. The van der Waals surface area contributed by atoms with Crippen molar-refractivity contribution in [3.8, 4) is 0 Å². The largest absolute Gasteiger partial charge is 0.414 e. The van der Waals surface area contributed by atoms with Crippen molar-refractivity contribution in [1.29, 1.82) is 0 Å². The fraction of sp³-hybridized carbons (Fsp3) is 0.385. The Morgan fingerprint density at radius 3 is 2.29 bits per heavy atom. The van der Waals surface area contributed by atoms with Crippen molar-refractivity contribution < 1.29 is 13.9 Å². The predicted molar refractivity (Wildman–Crippen MR) is 72.3 cm³/mol. The van der Waals surface area contributed by atoms with Crippen LogP contribution in [0.5, 0.6) is 0 Å². The van der Waals surface area contributed by atoms with Gasteiger partial charge in [-0.15, -0.1) is 0 Å². The van der Waals surface area contributed by atoms with Crippen LogP contribution in [0.3, 0.4) is 0 Å². The fourth-order valence-electron chi connectivity index (χ4n) is 1.31. The number of hydrogen-bond donors (Lipinski definition) is 0. The van der Waals surface area contributed by atoms with Crippen LogP contribution in [0.4, 0.5) is 0 Å². The minimum atomic E-state index is -0.895. The molecule has 0 radical (unpaired) electrons. The number of methoxy groups -OCH3 is 2. The Morgan fingerprint density at radius 1 is 1.24 bits per heavy atom. The van der Waals surface area contributed by atoms with E-state index in [9.17, 15) is 0 Å². The molecule has 0 atom stereocenters. The highest BCUT2D eigenvalue weighted by Crippen LogP contribution is 2.10. The van der Waals surface area contributed by atoms with Crippen LogP contribution in [0.1, 0.15) is 18.1 Å². The molecule has 1 aromatic rings. The lowest BCUT2D eigenvalue weighted by molar-refractivity contribution is -0.138. The van der Waals surface area contributed by atoms with Crippen LogP contribution in [0.15, 0.2) is 30.8 Å². The molecule has 0 amide bonds. The third kappa shape index (κ3) is 4.44. The van der Waals surface area contributed by atoms with Crippen molar-refractivity contribution in [3.05, 3.63) is 42.0 Å². The first-order valence-corrected chi connectivity index (χ1v) is 6.81. The number of rotatable bonds is 7. The van der Waals surface area contributed by atoms with E-state index in [-0.39, 0.29) is 0 Å². The van der Waals surface area contributed by atoms with Crippen LogP contribution in [0.2, 0.25) is 0 Å². The maximum Gasteiger partial charge on any atom is 0.227 e. The first-order valence-electron chi connectivity index (χ1n) is 5.53. The summed E-state index contributed by atoms with van der Waals surface area (Å²) in [4.78, 5) is 0. The monoisotopic (exact) mass is 252 g/mol. The summed E-state index contributed by atoms with van der Waals surface area (Å²) in [6.45, 7) is 6.23. The smallest absolute Gasteiger partial charge is 0.227 e. The summed E-state index contributed by atoms with van der Waals surface area (Å²) < 4.78 is 16.2. The van der Waals surface area contributed by atoms with Gasteiger partial charge in [-0.2, -0.15) is 0 Å². The van der Waals surface area contributed by atoms with Gasteiger partial charge in [0.05, 0.1) is 6.61 Å². The van der Waals surface area contributed by atoms with Gasteiger partial charge < -0.3 is 13.9 Å². The summed E-state index contributed by atoms with van der Waals surface area (Å²) in [5.74, 6) is 0. The van der Waals surface area contributed by atoms with E-state index in [1.165, 1.54) is 0 Å². The molecule has 17 heavy (non-hydrogen) atoms. The Balaban J connectivity index is 2.42. The molecule has 1 rings (SSSR count). The van der Waals surface area contributed by atoms with E-state index in [4.69, 9.17) is 13.9 Å². The van der Waals surface area contributed by atoms with Crippen LogP contribution >= 0.6 is 0 Å². The normalized spacial score (nSPS) is 12.2. The van der Waals surface area contributed by atoms with E-state index in [1.807, 2.05) is 37.3 Å². The molecule has 0 aliphatic heterocycles. The van der Waals surface area contributed by atoms with Crippen molar-refractivity contribution in [1.82, 2.24) is 0 Å². The maximum atomic E-state index is 5.70. The van der Waals surface area contributed by atoms with Gasteiger partial charge in [0.1, 0.15) is 0 Å². The molecule has 0 unspecified atom stereocenters. The lowest BCUT2D eigenvalue weighted by Crippen LogP contribution is -2.38. The third-order valence-electron chi connectivity index (χ3n) is 2.71. The first-order chi connectivity index (χ1) is 8.13. The van der Waals surface area contributed by atoms with Gasteiger partial charge in [0.15, 0.2) is 5.41 Å². The van der Waals surface area contributed by atoms with Crippen LogP contribution in [-0.2, 0) is 20.5 Å². The molecule has 0 aliphatic carbocycles. The molecule has 0 fully saturated rings. The molecule has 4 heteroatoms. The highest BCUT2D eigenvalue weighted by Gasteiger charge is 2.23.